The Bertz CT molecular complexity index is 542. The van der Waals surface area contributed by atoms with Crippen molar-refractivity contribution in [3.05, 3.63) is 34.3 Å². The maximum Gasteiger partial charge on any atom is 0.130 e. The van der Waals surface area contributed by atoms with Crippen LogP contribution in [0, 0.1) is 0 Å². The van der Waals surface area contributed by atoms with Crippen molar-refractivity contribution in [2.24, 2.45) is 0 Å². The van der Waals surface area contributed by atoms with Gasteiger partial charge in [0.25, 0.3) is 0 Å². The van der Waals surface area contributed by atoms with Crippen molar-refractivity contribution in [1.29, 1.82) is 0 Å². The van der Waals surface area contributed by atoms with Crippen molar-refractivity contribution in [2.75, 3.05) is 13.7 Å². The summed E-state index contributed by atoms with van der Waals surface area (Å²) >= 11 is 7.64. The number of methoxy groups -OCH3 is 1. The topological polar surface area (TPSA) is 34.2 Å². The van der Waals surface area contributed by atoms with Gasteiger partial charge in [-0.15, -0.1) is 11.3 Å². The number of halogens is 1. The molecule has 0 unspecified atom stereocenters. The van der Waals surface area contributed by atoms with E-state index in [-0.39, 0.29) is 0 Å². The zero-order chi connectivity index (χ0) is 13.7. The monoisotopic (exact) mass is 296 g/mol. The van der Waals surface area contributed by atoms with Gasteiger partial charge in [-0.1, -0.05) is 18.5 Å². The summed E-state index contributed by atoms with van der Waals surface area (Å²) in [6.07, 6.45) is 3.05. The minimum absolute atomic E-state index is 0.669. The van der Waals surface area contributed by atoms with Gasteiger partial charge in [-0.3, -0.25) is 0 Å². The van der Waals surface area contributed by atoms with Crippen molar-refractivity contribution < 1.29 is 4.74 Å². The van der Waals surface area contributed by atoms with E-state index < -0.39 is 0 Å². The summed E-state index contributed by atoms with van der Waals surface area (Å²) < 4.78 is 5.35. The smallest absolute Gasteiger partial charge is 0.130 e. The molecule has 1 aromatic carbocycles. The Morgan fingerprint density at radius 3 is 3.00 bits per heavy atom. The van der Waals surface area contributed by atoms with Gasteiger partial charge in [0.05, 0.1) is 12.7 Å². The first kappa shape index (κ1) is 14.3. The van der Waals surface area contributed by atoms with Crippen molar-refractivity contribution in [2.45, 2.75) is 19.9 Å². The van der Waals surface area contributed by atoms with Crippen molar-refractivity contribution in [3.63, 3.8) is 0 Å². The van der Waals surface area contributed by atoms with E-state index in [9.17, 15) is 0 Å². The average Bonchev–Trinajstić information content (AvgIpc) is 2.87. The molecule has 0 aliphatic rings. The maximum atomic E-state index is 5.97. The molecule has 2 aromatic rings. The molecule has 0 fully saturated rings. The zero-order valence-corrected chi connectivity index (χ0v) is 12.6. The lowest BCUT2D eigenvalue weighted by atomic mass is 10.2. The molecular formula is C14H17ClN2OS. The standard InChI is InChI=1S/C14H17ClN2OS/c1-3-6-16-8-11-9-17-14(19-11)12-5-4-10(15)7-13(12)18-2/h4-5,7,9,16H,3,6,8H2,1-2H3. The Morgan fingerprint density at radius 2 is 2.26 bits per heavy atom. The van der Waals surface area contributed by atoms with E-state index in [1.165, 1.54) is 4.88 Å². The van der Waals surface area contributed by atoms with E-state index in [0.717, 1.165) is 35.8 Å². The second-order valence-corrected chi connectivity index (χ2v) is 5.70. The van der Waals surface area contributed by atoms with Gasteiger partial charge >= 0.3 is 0 Å². The van der Waals surface area contributed by atoms with E-state index in [2.05, 4.69) is 17.2 Å². The molecule has 2 rings (SSSR count). The summed E-state index contributed by atoms with van der Waals surface area (Å²) in [6, 6.07) is 5.62. The van der Waals surface area contributed by atoms with Crippen LogP contribution in [0.5, 0.6) is 5.75 Å². The molecule has 0 aliphatic heterocycles. The Balaban J connectivity index is 2.18. The third-order valence-corrected chi connectivity index (χ3v) is 3.94. The molecule has 0 amide bonds. The van der Waals surface area contributed by atoms with Gasteiger partial charge < -0.3 is 10.1 Å². The van der Waals surface area contributed by atoms with E-state index in [1.54, 1.807) is 18.4 Å². The number of hydrogen-bond acceptors (Lipinski definition) is 4. The van der Waals surface area contributed by atoms with E-state index in [1.807, 2.05) is 24.4 Å². The Labute approximate surface area is 122 Å². The van der Waals surface area contributed by atoms with Gasteiger partial charge in [-0.2, -0.15) is 0 Å². The van der Waals surface area contributed by atoms with Gasteiger partial charge in [-0.05, 0) is 31.2 Å². The van der Waals surface area contributed by atoms with Crippen molar-refractivity contribution in [1.82, 2.24) is 10.3 Å². The molecule has 5 heteroatoms. The van der Waals surface area contributed by atoms with Crippen LogP contribution in [0.1, 0.15) is 18.2 Å². The molecule has 0 atom stereocenters. The first-order valence-corrected chi connectivity index (χ1v) is 7.43. The highest BCUT2D eigenvalue weighted by molar-refractivity contribution is 7.15. The minimum atomic E-state index is 0.669. The zero-order valence-electron chi connectivity index (χ0n) is 11.1. The van der Waals surface area contributed by atoms with Crippen LogP contribution >= 0.6 is 22.9 Å². The Morgan fingerprint density at radius 1 is 1.42 bits per heavy atom. The molecule has 102 valence electrons. The third kappa shape index (κ3) is 3.69. The predicted molar refractivity (Wildman–Crippen MR) is 81.1 cm³/mol. The second-order valence-electron chi connectivity index (χ2n) is 4.15. The van der Waals surface area contributed by atoms with E-state index >= 15 is 0 Å². The number of nitrogens with zero attached hydrogens (tertiary/aromatic N) is 1. The molecule has 19 heavy (non-hydrogen) atoms. The molecule has 3 nitrogen and oxygen atoms in total. The van der Waals surface area contributed by atoms with Crippen LogP contribution in [0.25, 0.3) is 10.6 Å². The van der Waals surface area contributed by atoms with Crippen LogP contribution < -0.4 is 10.1 Å². The number of benzene rings is 1. The molecule has 0 bridgehead atoms. The summed E-state index contributed by atoms with van der Waals surface area (Å²) in [5.41, 5.74) is 0.985. The molecular weight excluding hydrogens is 280 g/mol. The van der Waals surface area contributed by atoms with E-state index in [4.69, 9.17) is 16.3 Å². The lowest BCUT2D eigenvalue weighted by molar-refractivity contribution is 0.416. The summed E-state index contributed by atoms with van der Waals surface area (Å²) in [4.78, 5) is 5.68. The number of aromatic nitrogens is 1. The average molecular weight is 297 g/mol. The second kappa shape index (κ2) is 6.89. The van der Waals surface area contributed by atoms with Gasteiger partial charge in [0.1, 0.15) is 10.8 Å². The molecule has 1 heterocycles. The molecule has 0 saturated carbocycles. The van der Waals surface area contributed by atoms with Crippen LogP contribution in [0.15, 0.2) is 24.4 Å². The predicted octanol–water partition coefficient (Wildman–Crippen LogP) is 3.97. The lowest BCUT2D eigenvalue weighted by Gasteiger charge is -2.05. The highest BCUT2D eigenvalue weighted by Crippen LogP contribution is 2.34. The first-order valence-electron chi connectivity index (χ1n) is 6.24. The van der Waals surface area contributed by atoms with Crippen LogP contribution in [0.2, 0.25) is 5.02 Å². The largest absolute Gasteiger partial charge is 0.496 e. The van der Waals surface area contributed by atoms with Gasteiger partial charge in [0, 0.05) is 22.6 Å². The van der Waals surface area contributed by atoms with Gasteiger partial charge in [-0.25, -0.2) is 4.98 Å². The molecule has 0 saturated heterocycles. The molecule has 0 radical (unpaired) electrons. The van der Waals surface area contributed by atoms with Crippen molar-refractivity contribution in [3.8, 4) is 16.3 Å². The summed E-state index contributed by atoms with van der Waals surface area (Å²) in [7, 11) is 1.65. The number of rotatable bonds is 6. The number of hydrogen-bond donors (Lipinski definition) is 1. The van der Waals surface area contributed by atoms with Gasteiger partial charge in [0.15, 0.2) is 0 Å². The van der Waals surface area contributed by atoms with Crippen molar-refractivity contribution >= 4 is 22.9 Å². The highest BCUT2D eigenvalue weighted by Gasteiger charge is 2.10. The summed E-state index contributed by atoms with van der Waals surface area (Å²) in [5.74, 6) is 0.759. The molecule has 1 N–H and O–H groups in total. The number of nitrogens with one attached hydrogen (secondary N) is 1. The quantitative estimate of drug-likeness (QED) is 0.819. The fourth-order valence-corrected chi connectivity index (χ4v) is 2.82. The Kier molecular flexibility index (Phi) is 5.19. The Hall–Kier alpha value is -1.10. The first-order chi connectivity index (χ1) is 9.24. The fourth-order valence-electron chi connectivity index (χ4n) is 1.74. The minimum Gasteiger partial charge on any atom is -0.496 e. The maximum absolute atomic E-state index is 5.97. The lowest BCUT2D eigenvalue weighted by Crippen LogP contribution is -2.12. The van der Waals surface area contributed by atoms with Gasteiger partial charge in [0.2, 0.25) is 0 Å². The summed E-state index contributed by atoms with van der Waals surface area (Å²) in [5, 5.41) is 5.00. The number of thiazole rings is 1. The molecule has 1 aromatic heterocycles. The molecule has 0 aliphatic carbocycles. The van der Waals surface area contributed by atoms with E-state index in [0.29, 0.717) is 5.02 Å². The molecule has 0 spiro atoms. The third-order valence-electron chi connectivity index (χ3n) is 2.67. The van der Waals surface area contributed by atoms with Crippen LogP contribution in [0.3, 0.4) is 0 Å². The summed E-state index contributed by atoms with van der Waals surface area (Å²) in [6.45, 7) is 4.04. The van der Waals surface area contributed by atoms with Crippen LogP contribution in [0.4, 0.5) is 0 Å². The number of ether oxygens (including phenoxy) is 1. The van der Waals surface area contributed by atoms with Crippen LogP contribution in [-0.4, -0.2) is 18.6 Å². The SMILES string of the molecule is CCCNCc1cnc(-c2ccc(Cl)cc2OC)s1. The fraction of sp³-hybridized carbons (Fsp3) is 0.357. The highest BCUT2D eigenvalue weighted by atomic mass is 35.5. The normalized spacial score (nSPS) is 10.7. The van der Waals surface area contributed by atoms with Crippen LogP contribution in [-0.2, 0) is 6.54 Å².